The van der Waals surface area contributed by atoms with E-state index in [4.69, 9.17) is 4.74 Å². The fourth-order valence-corrected chi connectivity index (χ4v) is 4.46. The Morgan fingerprint density at radius 2 is 1.61 bits per heavy atom. The summed E-state index contributed by atoms with van der Waals surface area (Å²) in [5.41, 5.74) is 0.418. The minimum absolute atomic E-state index is 0.0726. The maximum atomic E-state index is 13.4. The van der Waals surface area contributed by atoms with Crippen molar-refractivity contribution in [3.05, 3.63) is 96.2 Å². The molecular weight excluding hydrogens is 495 g/mol. The minimum Gasteiger partial charge on any atom is -0.462 e. The molecule has 0 atom stereocenters. The molecule has 186 valence electrons. The number of rotatable bonds is 7. The van der Waals surface area contributed by atoms with E-state index < -0.39 is 27.9 Å². The minimum atomic E-state index is -4.63. The van der Waals surface area contributed by atoms with Gasteiger partial charge in [-0.2, -0.15) is 18.3 Å². The standard InChI is InChI=1S/C25H20F3N3O4S/c1-2-35-24(32)18-10-14-21(15-11-18)36(33,34)30-19-12-8-17(9-13-19)22-16-23(25(26,27)28)29-31(22)20-6-4-3-5-7-20/h3-16,30H,2H2,1H3. The maximum Gasteiger partial charge on any atom is 0.435 e. The van der Waals surface area contributed by atoms with Gasteiger partial charge < -0.3 is 4.74 Å². The van der Waals surface area contributed by atoms with Crippen molar-refractivity contribution in [2.45, 2.75) is 18.0 Å². The van der Waals surface area contributed by atoms with E-state index in [0.717, 1.165) is 6.07 Å². The van der Waals surface area contributed by atoms with Crippen LogP contribution in [0.5, 0.6) is 0 Å². The molecule has 4 aromatic rings. The summed E-state index contributed by atoms with van der Waals surface area (Å²) in [6, 6.07) is 20.4. The summed E-state index contributed by atoms with van der Waals surface area (Å²) in [6.07, 6.45) is -4.63. The molecule has 4 rings (SSSR count). The summed E-state index contributed by atoms with van der Waals surface area (Å²) < 4.78 is 74.0. The number of hydrogen-bond acceptors (Lipinski definition) is 5. The molecule has 0 aliphatic carbocycles. The predicted octanol–water partition coefficient (Wildman–Crippen LogP) is 5.54. The summed E-state index contributed by atoms with van der Waals surface area (Å²) in [5.74, 6) is -0.562. The van der Waals surface area contributed by atoms with Gasteiger partial charge in [-0.05, 0) is 61.5 Å². The molecule has 1 heterocycles. The third-order valence-electron chi connectivity index (χ3n) is 5.11. The molecule has 3 aromatic carbocycles. The molecule has 0 amide bonds. The van der Waals surface area contributed by atoms with Gasteiger partial charge in [-0.15, -0.1) is 0 Å². The van der Waals surface area contributed by atoms with Crippen molar-refractivity contribution in [1.82, 2.24) is 9.78 Å². The van der Waals surface area contributed by atoms with E-state index in [1.807, 2.05) is 0 Å². The van der Waals surface area contributed by atoms with Gasteiger partial charge in [0, 0.05) is 11.3 Å². The highest BCUT2D eigenvalue weighted by Crippen LogP contribution is 2.33. The monoisotopic (exact) mass is 515 g/mol. The third kappa shape index (κ3) is 5.41. The highest BCUT2D eigenvalue weighted by molar-refractivity contribution is 7.92. The van der Waals surface area contributed by atoms with Crippen LogP contribution in [0.1, 0.15) is 23.0 Å². The van der Waals surface area contributed by atoms with E-state index >= 15 is 0 Å². The van der Waals surface area contributed by atoms with Crippen molar-refractivity contribution in [2.24, 2.45) is 0 Å². The first-order valence-corrected chi connectivity index (χ1v) is 12.2. The zero-order valence-electron chi connectivity index (χ0n) is 18.9. The molecule has 36 heavy (non-hydrogen) atoms. The van der Waals surface area contributed by atoms with Crippen LogP contribution >= 0.6 is 0 Å². The van der Waals surface area contributed by atoms with Crippen LogP contribution in [0.15, 0.2) is 89.8 Å². The Kier molecular flexibility index (Phi) is 6.84. The molecular formula is C25H20F3N3O4S. The lowest BCUT2D eigenvalue weighted by Gasteiger charge is -2.11. The molecule has 0 fully saturated rings. The summed E-state index contributed by atoms with van der Waals surface area (Å²) in [6.45, 7) is 1.86. The van der Waals surface area contributed by atoms with Crippen LogP contribution in [0, 0.1) is 0 Å². The Bertz CT molecular complexity index is 1470. The van der Waals surface area contributed by atoms with E-state index in [0.29, 0.717) is 11.3 Å². The van der Waals surface area contributed by atoms with Gasteiger partial charge in [-0.25, -0.2) is 17.9 Å². The van der Waals surface area contributed by atoms with Crippen LogP contribution in [0.25, 0.3) is 16.9 Å². The Morgan fingerprint density at radius 3 is 2.19 bits per heavy atom. The molecule has 0 spiro atoms. The number of para-hydroxylation sites is 1. The van der Waals surface area contributed by atoms with Crippen molar-refractivity contribution in [1.29, 1.82) is 0 Å². The van der Waals surface area contributed by atoms with E-state index in [9.17, 15) is 26.4 Å². The van der Waals surface area contributed by atoms with Crippen LogP contribution < -0.4 is 4.72 Å². The molecule has 0 radical (unpaired) electrons. The summed E-state index contributed by atoms with van der Waals surface area (Å²) in [7, 11) is -3.98. The van der Waals surface area contributed by atoms with Gasteiger partial charge in [0.25, 0.3) is 10.0 Å². The Morgan fingerprint density at radius 1 is 0.972 bits per heavy atom. The summed E-state index contributed by atoms with van der Waals surface area (Å²) in [5, 5.41) is 3.73. The lowest BCUT2D eigenvalue weighted by atomic mass is 10.1. The SMILES string of the molecule is CCOC(=O)c1ccc(S(=O)(=O)Nc2ccc(-c3cc(C(F)(F)F)nn3-c3ccccc3)cc2)cc1. The second-order valence-electron chi connectivity index (χ2n) is 7.59. The number of esters is 1. The lowest BCUT2D eigenvalue weighted by molar-refractivity contribution is -0.141. The van der Waals surface area contributed by atoms with Gasteiger partial charge in [-0.3, -0.25) is 4.72 Å². The van der Waals surface area contributed by atoms with Crippen molar-refractivity contribution >= 4 is 21.7 Å². The quantitative estimate of drug-likeness (QED) is 0.327. The lowest BCUT2D eigenvalue weighted by Crippen LogP contribution is -2.13. The molecule has 0 unspecified atom stereocenters. The summed E-state index contributed by atoms with van der Waals surface area (Å²) >= 11 is 0. The average molecular weight is 516 g/mol. The largest absolute Gasteiger partial charge is 0.462 e. The number of nitrogens with one attached hydrogen (secondary N) is 1. The Balaban J connectivity index is 1.60. The fraction of sp³-hybridized carbons (Fsp3) is 0.120. The molecule has 1 N–H and O–H groups in total. The van der Waals surface area contributed by atoms with Gasteiger partial charge >= 0.3 is 12.1 Å². The van der Waals surface area contributed by atoms with E-state index in [-0.39, 0.29) is 28.4 Å². The van der Waals surface area contributed by atoms with E-state index in [2.05, 4.69) is 9.82 Å². The molecule has 0 saturated heterocycles. The number of carbonyl (C=O) groups is 1. The topological polar surface area (TPSA) is 90.3 Å². The van der Waals surface area contributed by atoms with Crippen LogP contribution in [-0.4, -0.2) is 30.8 Å². The van der Waals surface area contributed by atoms with Gasteiger partial charge in [0.2, 0.25) is 0 Å². The first-order valence-electron chi connectivity index (χ1n) is 10.7. The maximum absolute atomic E-state index is 13.4. The number of ether oxygens (including phenoxy) is 1. The Labute approximate surface area is 205 Å². The molecule has 0 aliphatic rings. The zero-order chi connectivity index (χ0) is 25.9. The molecule has 1 aromatic heterocycles. The number of halogens is 3. The molecule has 0 saturated carbocycles. The van der Waals surface area contributed by atoms with Gasteiger partial charge in [-0.1, -0.05) is 30.3 Å². The van der Waals surface area contributed by atoms with Gasteiger partial charge in [0.05, 0.1) is 28.4 Å². The number of anilines is 1. The fourth-order valence-electron chi connectivity index (χ4n) is 3.40. The number of carbonyl (C=O) groups excluding carboxylic acids is 1. The number of benzene rings is 3. The predicted molar refractivity (Wildman–Crippen MR) is 127 cm³/mol. The van der Waals surface area contributed by atoms with Crippen LogP contribution in [-0.2, 0) is 20.9 Å². The van der Waals surface area contributed by atoms with Crippen molar-refractivity contribution in [3.8, 4) is 16.9 Å². The molecule has 0 bridgehead atoms. The highest BCUT2D eigenvalue weighted by atomic mass is 32.2. The van der Waals surface area contributed by atoms with Gasteiger partial charge in [0.1, 0.15) is 0 Å². The van der Waals surface area contributed by atoms with Crippen LogP contribution in [0.4, 0.5) is 18.9 Å². The van der Waals surface area contributed by atoms with Gasteiger partial charge in [0.15, 0.2) is 5.69 Å². The molecule has 7 nitrogen and oxygen atoms in total. The first kappa shape index (κ1) is 25.0. The second-order valence-corrected chi connectivity index (χ2v) is 9.27. The van der Waals surface area contributed by atoms with Crippen molar-refractivity contribution in [2.75, 3.05) is 11.3 Å². The normalized spacial score (nSPS) is 11.8. The third-order valence-corrected chi connectivity index (χ3v) is 6.51. The number of sulfonamides is 1. The number of hydrogen-bond donors (Lipinski definition) is 1. The van der Waals surface area contributed by atoms with E-state index in [1.54, 1.807) is 37.3 Å². The van der Waals surface area contributed by atoms with Crippen molar-refractivity contribution in [3.63, 3.8) is 0 Å². The molecule has 0 aliphatic heterocycles. The zero-order valence-corrected chi connectivity index (χ0v) is 19.7. The second kappa shape index (κ2) is 9.86. The molecule has 11 heteroatoms. The Hall–Kier alpha value is -4.12. The highest BCUT2D eigenvalue weighted by Gasteiger charge is 2.35. The number of aromatic nitrogens is 2. The number of nitrogens with zero attached hydrogens (tertiary/aromatic N) is 2. The average Bonchev–Trinajstić information content (AvgIpc) is 3.31. The van der Waals surface area contributed by atoms with Crippen molar-refractivity contribution < 1.29 is 31.1 Å². The number of alkyl halides is 3. The van der Waals surface area contributed by atoms with Crippen LogP contribution in [0.2, 0.25) is 0 Å². The van der Waals surface area contributed by atoms with E-state index in [1.165, 1.54) is 53.2 Å². The van der Waals surface area contributed by atoms with Crippen LogP contribution in [0.3, 0.4) is 0 Å². The first-order chi connectivity index (χ1) is 17.1. The smallest absolute Gasteiger partial charge is 0.435 e. The summed E-state index contributed by atoms with van der Waals surface area (Å²) in [4.78, 5) is 11.7.